The van der Waals surface area contributed by atoms with Crippen molar-refractivity contribution in [2.75, 3.05) is 21.2 Å². The summed E-state index contributed by atoms with van der Waals surface area (Å²) in [7, 11) is 5.66. The Kier molecular flexibility index (Phi) is 5.65. The van der Waals surface area contributed by atoms with Crippen molar-refractivity contribution in [1.82, 2.24) is 14.5 Å². The van der Waals surface area contributed by atoms with Crippen LogP contribution >= 0.6 is 0 Å². The molecule has 1 aromatic carbocycles. The number of pyridine rings is 2. The van der Waals surface area contributed by atoms with E-state index >= 15 is 0 Å². The first-order chi connectivity index (χ1) is 17.0. The van der Waals surface area contributed by atoms with E-state index in [1.807, 2.05) is 13.0 Å². The van der Waals surface area contributed by atoms with Crippen molar-refractivity contribution >= 4 is 16.9 Å². The molecule has 190 valence electrons. The minimum absolute atomic E-state index is 0.0400. The average molecular weight is 490 g/mol. The number of benzene rings is 1. The Hall–Kier alpha value is -3.03. The number of carbonyl (C=O) groups excluding carboxylic acids is 1. The topological polar surface area (TPSA) is 73.7 Å². The van der Waals surface area contributed by atoms with Gasteiger partial charge < -0.3 is 18.9 Å². The van der Waals surface area contributed by atoms with Gasteiger partial charge in [-0.05, 0) is 89.0 Å². The molecule has 0 fully saturated rings. The summed E-state index contributed by atoms with van der Waals surface area (Å²) >= 11 is 0. The Balaban J connectivity index is 1.92. The van der Waals surface area contributed by atoms with Gasteiger partial charge in [-0.15, -0.1) is 0 Å². The van der Waals surface area contributed by atoms with Gasteiger partial charge in [-0.1, -0.05) is 6.92 Å². The third kappa shape index (κ3) is 3.02. The number of hydrogen-bond donors (Lipinski definition) is 0. The number of fused-ring (bicyclic) bond motifs is 5. The first kappa shape index (κ1) is 24.7. The van der Waals surface area contributed by atoms with Crippen molar-refractivity contribution in [3.8, 4) is 11.4 Å². The SMILES string of the molecule is CC[C@@]1(OC)C(=O)OCc2c1cc1n(c2=O)Cc2c-1nc1c(C)c(C)c(C)c(C)c1c2C(C)N(C)C. The molecule has 0 amide bonds. The summed E-state index contributed by atoms with van der Waals surface area (Å²) in [5.74, 6) is -0.450. The van der Waals surface area contributed by atoms with Gasteiger partial charge in [0.05, 0.1) is 29.0 Å². The highest BCUT2D eigenvalue weighted by Crippen LogP contribution is 2.45. The monoisotopic (exact) mass is 489 g/mol. The molecule has 0 saturated heterocycles. The van der Waals surface area contributed by atoms with Crippen molar-refractivity contribution in [1.29, 1.82) is 0 Å². The van der Waals surface area contributed by atoms with Crippen LogP contribution in [0.4, 0.5) is 0 Å². The molecule has 0 spiro atoms. The molecule has 0 bridgehead atoms. The van der Waals surface area contributed by atoms with Gasteiger partial charge in [0.1, 0.15) is 6.61 Å². The Morgan fingerprint density at radius 1 is 1.11 bits per heavy atom. The number of hydrogen-bond acceptors (Lipinski definition) is 6. The van der Waals surface area contributed by atoms with Crippen LogP contribution in [-0.2, 0) is 33.0 Å². The fourth-order valence-electron chi connectivity index (χ4n) is 6.05. The maximum absolute atomic E-state index is 13.8. The molecule has 7 heteroatoms. The Morgan fingerprint density at radius 2 is 1.78 bits per heavy atom. The zero-order chi connectivity index (χ0) is 26.3. The summed E-state index contributed by atoms with van der Waals surface area (Å²) in [6, 6.07) is 2.06. The predicted molar refractivity (Wildman–Crippen MR) is 140 cm³/mol. The van der Waals surface area contributed by atoms with Crippen LogP contribution in [0.1, 0.15) is 70.8 Å². The Morgan fingerprint density at radius 3 is 2.39 bits per heavy atom. The van der Waals surface area contributed by atoms with Gasteiger partial charge in [0.25, 0.3) is 5.56 Å². The minimum Gasteiger partial charge on any atom is -0.458 e. The molecular formula is C29H35N3O4. The summed E-state index contributed by atoms with van der Waals surface area (Å²) in [6.07, 6.45) is 0.371. The molecule has 2 atom stereocenters. The van der Waals surface area contributed by atoms with Gasteiger partial charge >= 0.3 is 5.97 Å². The van der Waals surface area contributed by atoms with E-state index in [9.17, 15) is 9.59 Å². The third-order valence-electron chi connectivity index (χ3n) is 8.87. The molecule has 7 nitrogen and oxygen atoms in total. The molecule has 4 heterocycles. The highest BCUT2D eigenvalue weighted by Gasteiger charge is 2.47. The van der Waals surface area contributed by atoms with Crippen molar-refractivity contribution in [2.24, 2.45) is 0 Å². The lowest BCUT2D eigenvalue weighted by atomic mass is 9.85. The van der Waals surface area contributed by atoms with E-state index < -0.39 is 11.6 Å². The molecule has 0 aliphatic carbocycles. The van der Waals surface area contributed by atoms with Crippen LogP contribution in [0.25, 0.3) is 22.3 Å². The molecule has 36 heavy (non-hydrogen) atoms. The van der Waals surface area contributed by atoms with E-state index in [-0.39, 0.29) is 18.2 Å². The number of methoxy groups -OCH3 is 1. The average Bonchev–Trinajstić information content (AvgIpc) is 3.23. The van der Waals surface area contributed by atoms with E-state index in [1.54, 1.807) is 4.57 Å². The van der Waals surface area contributed by atoms with Crippen LogP contribution in [0.2, 0.25) is 0 Å². The highest BCUT2D eigenvalue weighted by atomic mass is 16.6. The van der Waals surface area contributed by atoms with Gasteiger partial charge in [0.15, 0.2) is 5.60 Å². The third-order valence-corrected chi connectivity index (χ3v) is 8.87. The molecule has 0 radical (unpaired) electrons. The quantitative estimate of drug-likeness (QED) is 0.391. The number of carbonyl (C=O) groups is 1. The Bertz CT molecular complexity index is 1510. The summed E-state index contributed by atoms with van der Waals surface area (Å²) < 4.78 is 13.0. The largest absolute Gasteiger partial charge is 0.458 e. The maximum Gasteiger partial charge on any atom is 0.343 e. The molecule has 3 aromatic rings. The predicted octanol–water partition coefficient (Wildman–Crippen LogP) is 4.59. The molecule has 2 aliphatic heterocycles. The summed E-state index contributed by atoms with van der Waals surface area (Å²) in [5, 5.41) is 1.18. The van der Waals surface area contributed by atoms with Gasteiger partial charge in [-0.3, -0.25) is 4.79 Å². The maximum atomic E-state index is 13.8. The fourth-order valence-corrected chi connectivity index (χ4v) is 6.05. The van der Waals surface area contributed by atoms with Crippen LogP contribution in [0, 0.1) is 27.7 Å². The Labute approximate surface area is 212 Å². The lowest BCUT2D eigenvalue weighted by Crippen LogP contribution is -2.45. The number of nitrogens with zero attached hydrogens (tertiary/aromatic N) is 3. The first-order valence-corrected chi connectivity index (χ1v) is 12.6. The van der Waals surface area contributed by atoms with Crippen LogP contribution in [0.5, 0.6) is 0 Å². The second-order valence-corrected chi connectivity index (χ2v) is 10.5. The van der Waals surface area contributed by atoms with Gasteiger partial charge in [-0.2, -0.15) is 0 Å². The van der Waals surface area contributed by atoms with E-state index in [0.29, 0.717) is 24.1 Å². The van der Waals surface area contributed by atoms with Crippen LogP contribution in [-0.4, -0.2) is 41.6 Å². The number of aromatic nitrogens is 2. The van der Waals surface area contributed by atoms with Crippen molar-refractivity contribution in [2.45, 2.75) is 72.8 Å². The fraction of sp³-hybridized carbons (Fsp3) is 0.483. The molecule has 0 N–H and O–H groups in total. The van der Waals surface area contributed by atoms with E-state index in [1.165, 1.54) is 34.7 Å². The number of aryl methyl sites for hydroxylation is 2. The van der Waals surface area contributed by atoms with E-state index in [4.69, 9.17) is 14.5 Å². The molecule has 2 aliphatic rings. The normalized spacial score (nSPS) is 19.3. The van der Waals surface area contributed by atoms with Crippen LogP contribution in [0.3, 0.4) is 0 Å². The number of cyclic esters (lactones) is 1. The van der Waals surface area contributed by atoms with Crippen LogP contribution < -0.4 is 5.56 Å². The van der Waals surface area contributed by atoms with E-state index in [2.05, 4.69) is 53.6 Å². The first-order valence-electron chi connectivity index (χ1n) is 12.6. The van der Waals surface area contributed by atoms with Crippen molar-refractivity contribution in [3.63, 3.8) is 0 Å². The van der Waals surface area contributed by atoms with Gasteiger partial charge in [0, 0.05) is 29.7 Å². The summed E-state index contributed by atoms with van der Waals surface area (Å²) in [5.41, 5.74) is 9.38. The highest BCUT2D eigenvalue weighted by molar-refractivity contribution is 5.95. The zero-order valence-corrected chi connectivity index (χ0v) is 22.8. The number of esters is 1. The zero-order valence-electron chi connectivity index (χ0n) is 22.8. The standard InChI is InChI=1S/C29H35N3O4/c1-10-29(35-9)21-11-22-26-19(12-32(22)27(33)20(21)13-36-28(29)34)24(18(6)31(7)8)23-16(4)14(2)15(3)17(5)25(23)30-26/h11,18H,10,12-13H2,1-9H3/t18?,29-/m0/s1. The van der Waals surface area contributed by atoms with Crippen molar-refractivity contribution < 1.29 is 14.3 Å². The molecular weight excluding hydrogens is 454 g/mol. The van der Waals surface area contributed by atoms with Gasteiger partial charge in [-0.25, -0.2) is 9.78 Å². The summed E-state index contributed by atoms with van der Waals surface area (Å²) in [4.78, 5) is 34.1. The molecule has 1 unspecified atom stereocenters. The van der Waals surface area contributed by atoms with E-state index in [0.717, 1.165) is 28.0 Å². The number of rotatable bonds is 4. The molecule has 0 saturated carbocycles. The minimum atomic E-state index is -1.29. The van der Waals surface area contributed by atoms with Gasteiger partial charge in [0.2, 0.25) is 0 Å². The van der Waals surface area contributed by atoms with Crippen molar-refractivity contribution in [3.05, 3.63) is 60.9 Å². The molecule has 5 rings (SSSR count). The molecule has 2 aromatic heterocycles. The number of ether oxygens (including phenoxy) is 2. The second-order valence-electron chi connectivity index (χ2n) is 10.5. The smallest absolute Gasteiger partial charge is 0.343 e. The lowest BCUT2D eigenvalue weighted by molar-refractivity contribution is -0.176. The second kappa shape index (κ2) is 8.25. The van der Waals surface area contributed by atoms with Crippen LogP contribution in [0.15, 0.2) is 10.9 Å². The summed E-state index contributed by atoms with van der Waals surface area (Å²) in [6.45, 7) is 13.1. The lowest BCUT2D eigenvalue weighted by Gasteiger charge is -2.35.